The van der Waals surface area contributed by atoms with Crippen LogP contribution >= 0.6 is 24.0 Å². The molecule has 1 heterocycles. The lowest BCUT2D eigenvalue weighted by atomic mass is 9.94. The topological polar surface area (TPSA) is 65.7 Å². The van der Waals surface area contributed by atoms with Gasteiger partial charge >= 0.3 is 0 Å². The minimum absolute atomic E-state index is 0. The van der Waals surface area contributed by atoms with Gasteiger partial charge in [-0.3, -0.25) is 0 Å². The molecule has 2 rings (SSSR count). The van der Waals surface area contributed by atoms with Crippen LogP contribution in [0.5, 0.6) is 0 Å². The van der Waals surface area contributed by atoms with Crippen LogP contribution in [0.4, 0.5) is 5.69 Å². The van der Waals surface area contributed by atoms with Crippen molar-refractivity contribution in [1.29, 1.82) is 0 Å². The summed E-state index contributed by atoms with van der Waals surface area (Å²) in [5.74, 6) is 2.30. The third kappa shape index (κ3) is 7.00. The number of nitrogens with one attached hydrogen (secondary N) is 2. The first-order valence-corrected chi connectivity index (χ1v) is 9.45. The highest BCUT2D eigenvalue weighted by Crippen LogP contribution is 2.22. The molecule has 2 N–H and O–H groups in total. The van der Waals surface area contributed by atoms with Crippen LogP contribution in [0.3, 0.4) is 0 Å². The van der Waals surface area contributed by atoms with Gasteiger partial charge in [0.25, 0.3) is 0 Å². The Morgan fingerprint density at radius 2 is 1.93 bits per heavy atom. The molecule has 0 saturated heterocycles. The van der Waals surface area contributed by atoms with E-state index in [0.29, 0.717) is 19.0 Å². The monoisotopic (exact) mass is 499 g/mol. The Kier molecular flexibility index (Phi) is 9.26. The van der Waals surface area contributed by atoms with E-state index in [-0.39, 0.29) is 29.4 Å². The zero-order valence-corrected chi connectivity index (χ0v) is 20.4. The lowest BCUT2D eigenvalue weighted by Gasteiger charge is -2.15. The second kappa shape index (κ2) is 10.7. The average Bonchev–Trinajstić information content (AvgIpc) is 3.07. The molecule has 156 valence electrons. The van der Waals surface area contributed by atoms with Crippen LogP contribution in [0.25, 0.3) is 0 Å². The van der Waals surface area contributed by atoms with Gasteiger partial charge in [-0.05, 0) is 37.1 Å². The highest BCUT2D eigenvalue weighted by atomic mass is 127. The van der Waals surface area contributed by atoms with E-state index >= 15 is 0 Å². The summed E-state index contributed by atoms with van der Waals surface area (Å²) in [6, 6.07) is 6.45. The normalized spacial score (nSPS) is 11.8. The lowest BCUT2D eigenvalue weighted by molar-refractivity contribution is 0.379. The molecule has 0 unspecified atom stereocenters. The molecule has 0 fully saturated rings. The van der Waals surface area contributed by atoms with Gasteiger partial charge in [0, 0.05) is 31.7 Å². The number of aromatic nitrogens is 1. The Labute approximate surface area is 186 Å². The van der Waals surface area contributed by atoms with E-state index in [1.807, 2.05) is 14.1 Å². The van der Waals surface area contributed by atoms with Gasteiger partial charge in [0.1, 0.15) is 5.76 Å². The highest BCUT2D eigenvalue weighted by Gasteiger charge is 2.19. The number of anilines is 1. The summed E-state index contributed by atoms with van der Waals surface area (Å²) >= 11 is 0. The van der Waals surface area contributed by atoms with Crippen molar-refractivity contribution < 1.29 is 4.42 Å². The Morgan fingerprint density at radius 1 is 1.21 bits per heavy atom. The molecule has 6 nitrogen and oxygen atoms in total. The first-order chi connectivity index (χ1) is 12.7. The largest absolute Gasteiger partial charge is 0.443 e. The van der Waals surface area contributed by atoms with E-state index in [1.54, 1.807) is 6.20 Å². The Balaban J connectivity index is 0.00000392. The van der Waals surface area contributed by atoms with Crippen LogP contribution in [0.15, 0.2) is 33.8 Å². The number of halogens is 1. The summed E-state index contributed by atoms with van der Waals surface area (Å²) in [6.45, 7) is 12.4. The summed E-state index contributed by atoms with van der Waals surface area (Å²) in [4.78, 5) is 11.2. The number of nitrogens with zero attached hydrogens (tertiary/aromatic N) is 3. The number of aliphatic imine (C=N–C) groups is 1. The molecular formula is C21H34IN5O. The minimum Gasteiger partial charge on any atom is -0.443 e. The summed E-state index contributed by atoms with van der Waals surface area (Å²) < 4.78 is 5.83. The van der Waals surface area contributed by atoms with Gasteiger partial charge in [0.15, 0.2) is 5.96 Å². The predicted molar refractivity (Wildman–Crippen MR) is 128 cm³/mol. The van der Waals surface area contributed by atoms with Gasteiger partial charge in [0.2, 0.25) is 5.89 Å². The molecule has 0 bridgehead atoms. The highest BCUT2D eigenvalue weighted by molar-refractivity contribution is 14.0. The fourth-order valence-corrected chi connectivity index (χ4v) is 2.54. The van der Waals surface area contributed by atoms with E-state index in [2.05, 4.69) is 73.3 Å². The maximum atomic E-state index is 5.83. The van der Waals surface area contributed by atoms with Crippen molar-refractivity contribution in [3.63, 3.8) is 0 Å². The van der Waals surface area contributed by atoms with E-state index < -0.39 is 0 Å². The number of benzene rings is 1. The number of hydrogen-bond acceptors (Lipinski definition) is 4. The van der Waals surface area contributed by atoms with Gasteiger partial charge in [-0.15, -0.1) is 24.0 Å². The van der Waals surface area contributed by atoms with Crippen molar-refractivity contribution in [2.24, 2.45) is 4.99 Å². The van der Waals surface area contributed by atoms with Crippen LogP contribution in [0.1, 0.15) is 50.5 Å². The van der Waals surface area contributed by atoms with Gasteiger partial charge in [-0.1, -0.05) is 26.8 Å². The van der Waals surface area contributed by atoms with Crippen LogP contribution in [-0.2, 0) is 18.5 Å². The molecule has 0 amide bonds. The molecule has 0 atom stereocenters. The second-order valence-corrected chi connectivity index (χ2v) is 7.92. The number of hydrogen-bond donors (Lipinski definition) is 2. The summed E-state index contributed by atoms with van der Waals surface area (Å²) in [5.41, 5.74) is 3.61. The maximum Gasteiger partial charge on any atom is 0.213 e. The van der Waals surface area contributed by atoms with Crippen LogP contribution in [-0.4, -0.2) is 31.6 Å². The van der Waals surface area contributed by atoms with Gasteiger partial charge in [-0.25, -0.2) is 9.98 Å². The van der Waals surface area contributed by atoms with Crippen molar-refractivity contribution in [2.75, 3.05) is 25.5 Å². The molecule has 0 radical (unpaired) electrons. The second-order valence-electron chi connectivity index (χ2n) is 7.92. The van der Waals surface area contributed by atoms with Crippen molar-refractivity contribution in [2.45, 2.75) is 53.1 Å². The molecule has 7 heteroatoms. The quantitative estimate of drug-likeness (QED) is 0.354. The van der Waals surface area contributed by atoms with E-state index in [0.717, 1.165) is 18.3 Å². The maximum absolute atomic E-state index is 5.83. The SMILES string of the molecule is CCNC(=NCc1ccc(N(C)C)cc1C)NCc1ncc(C(C)(C)C)o1.I. The molecular weight excluding hydrogens is 465 g/mol. The number of oxazole rings is 1. The van der Waals surface area contributed by atoms with E-state index in [4.69, 9.17) is 9.41 Å². The van der Waals surface area contributed by atoms with Crippen molar-refractivity contribution >= 4 is 35.6 Å². The van der Waals surface area contributed by atoms with Crippen LogP contribution in [0, 0.1) is 6.92 Å². The molecule has 0 spiro atoms. The first kappa shape index (κ1) is 24.3. The predicted octanol–water partition coefficient (Wildman–Crippen LogP) is 4.22. The van der Waals surface area contributed by atoms with Gasteiger partial charge in [0.05, 0.1) is 19.3 Å². The zero-order valence-electron chi connectivity index (χ0n) is 18.1. The molecule has 0 aliphatic rings. The summed E-state index contributed by atoms with van der Waals surface area (Å²) in [6.07, 6.45) is 1.80. The van der Waals surface area contributed by atoms with Gasteiger partial charge in [-0.2, -0.15) is 0 Å². The molecule has 0 saturated carbocycles. The third-order valence-corrected chi connectivity index (χ3v) is 4.29. The van der Waals surface area contributed by atoms with Crippen molar-refractivity contribution in [1.82, 2.24) is 15.6 Å². The Hall–Kier alpha value is -1.77. The number of rotatable bonds is 6. The third-order valence-electron chi connectivity index (χ3n) is 4.29. The molecule has 0 aliphatic heterocycles. The standard InChI is InChI=1S/C21H33N5O.HI/c1-8-22-20(25-14-19-23-13-18(27-19)21(3,4)5)24-12-16-9-10-17(26(6)7)11-15(16)2;/h9-11,13H,8,12,14H2,1-7H3,(H2,22,24,25);1H. The van der Waals surface area contributed by atoms with Crippen LogP contribution in [0.2, 0.25) is 0 Å². The molecule has 2 aromatic rings. The smallest absolute Gasteiger partial charge is 0.213 e. The first-order valence-electron chi connectivity index (χ1n) is 9.45. The van der Waals surface area contributed by atoms with Gasteiger partial charge < -0.3 is 20.0 Å². The number of aryl methyl sites for hydroxylation is 1. The van der Waals surface area contributed by atoms with Crippen molar-refractivity contribution in [3.05, 3.63) is 47.2 Å². The Morgan fingerprint density at radius 3 is 2.46 bits per heavy atom. The molecule has 28 heavy (non-hydrogen) atoms. The van der Waals surface area contributed by atoms with Crippen LogP contribution < -0.4 is 15.5 Å². The fraction of sp³-hybridized carbons (Fsp3) is 0.524. The summed E-state index contributed by atoms with van der Waals surface area (Å²) in [7, 11) is 4.10. The lowest BCUT2D eigenvalue weighted by Crippen LogP contribution is -2.36. The fourth-order valence-electron chi connectivity index (χ4n) is 2.54. The van der Waals surface area contributed by atoms with Crippen molar-refractivity contribution in [3.8, 4) is 0 Å². The van der Waals surface area contributed by atoms with E-state index in [1.165, 1.54) is 16.8 Å². The molecule has 0 aliphatic carbocycles. The van der Waals surface area contributed by atoms with E-state index in [9.17, 15) is 0 Å². The summed E-state index contributed by atoms with van der Waals surface area (Å²) in [5, 5.41) is 6.57. The zero-order chi connectivity index (χ0) is 20.0. The minimum atomic E-state index is -0.0416. The Bertz CT molecular complexity index is 777. The molecule has 1 aromatic carbocycles. The average molecular weight is 499 g/mol. The molecule has 1 aromatic heterocycles. The number of guanidine groups is 1.